The Morgan fingerprint density at radius 3 is 2.57 bits per heavy atom. The van der Waals surface area contributed by atoms with Gasteiger partial charge in [-0.25, -0.2) is 13.6 Å². The van der Waals surface area contributed by atoms with E-state index in [9.17, 15) is 13.5 Å². The van der Waals surface area contributed by atoms with Crippen LogP contribution in [0.2, 0.25) is 0 Å². The van der Waals surface area contributed by atoms with Crippen LogP contribution in [0, 0.1) is 0 Å². The first-order valence-electron chi connectivity index (χ1n) is 13.2. The van der Waals surface area contributed by atoms with Crippen molar-refractivity contribution in [3.8, 4) is 5.75 Å². The number of hydrogen-bond donors (Lipinski definition) is 3. The van der Waals surface area contributed by atoms with Crippen molar-refractivity contribution in [3.63, 3.8) is 0 Å². The topological polar surface area (TPSA) is 120 Å². The molecule has 0 aromatic heterocycles. The quantitative estimate of drug-likeness (QED) is 0.276. The molecule has 1 aliphatic heterocycles. The van der Waals surface area contributed by atoms with Crippen molar-refractivity contribution in [1.82, 2.24) is 5.32 Å². The summed E-state index contributed by atoms with van der Waals surface area (Å²) >= 11 is 0. The highest BCUT2D eigenvalue weighted by molar-refractivity contribution is 7.89. The predicted molar refractivity (Wildman–Crippen MR) is 144 cm³/mol. The summed E-state index contributed by atoms with van der Waals surface area (Å²) in [7, 11) is -3.65. The zero-order chi connectivity index (χ0) is 26.7. The van der Waals surface area contributed by atoms with Crippen LogP contribution in [0.15, 0.2) is 47.4 Å². The molecule has 0 fully saturated rings. The predicted octanol–water partition coefficient (Wildman–Crippen LogP) is 4.20. The van der Waals surface area contributed by atoms with Crippen LogP contribution < -0.4 is 15.2 Å². The van der Waals surface area contributed by atoms with Gasteiger partial charge < -0.3 is 24.6 Å². The summed E-state index contributed by atoms with van der Waals surface area (Å²) in [5, 5.41) is 19.0. The van der Waals surface area contributed by atoms with Crippen LogP contribution in [0.5, 0.6) is 5.75 Å². The van der Waals surface area contributed by atoms with Crippen LogP contribution in [0.1, 0.15) is 75.2 Å². The molecule has 4 N–H and O–H groups in total. The first-order valence-corrected chi connectivity index (χ1v) is 14.7. The summed E-state index contributed by atoms with van der Waals surface area (Å²) in [4.78, 5) is 0.171. The van der Waals surface area contributed by atoms with E-state index in [1.165, 1.54) is 6.07 Å². The minimum absolute atomic E-state index is 0.171. The van der Waals surface area contributed by atoms with Gasteiger partial charge in [-0.15, -0.1) is 0 Å². The van der Waals surface area contributed by atoms with E-state index in [0.29, 0.717) is 13.2 Å². The number of sulfonamides is 1. The molecule has 206 valence electrons. The molecule has 0 saturated heterocycles. The Labute approximate surface area is 221 Å². The zero-order valence-corrected chi connectivity index (χ0v) is 22.9. The van der Waals surface area contributed by atoms with Gasteiger partial charge in [-0.1, -0.05) is 24.6 Å². The molecule has 1 aliphatic rings. The number of hydrogen-bond acceptors (Lipinski definition) is 7. The molecule has 1 atom stereocenters. The Morgan fingerprint density at radius 1 is 1.05 bits per heavy atom. The van der Waals surface area contributed by atoms with Gasteiger partial charge in [-0.3, -0.25) is 0 Å². The largest absolute Gasteiger partial charge is 0.463 e. The molecule has 2 aromatic carbocycles. The van der Waals surface area contributed by atoms with Crippen LogP contribution in [-0.2, 0) is 32.5 Å². The Morgan fingerprint density at radius 2 is 1.81 bits per heavy atom. The molecule has 0 spiro atoms. The average molecular weight is 535 g/mol. The number of aliphatic hydroxyl groups is 1. The molecule has 0 aliphatic carbocycles. The molecule has 1 heterocycles. The SMILES string of the molecule is CC1(C)OCc2cc([C@@H](O)CNCCCCCOCCCCCc3cccc(S(N)(=O)=O)c3)ccc2O1. The minimum Gasteiger partial charge on any atom is -0.463 e. The van der Waals surface area contributed by atoms with Crippen molar-refractivity contribution in [2.45, 2.75) is 82.2 Å². The van der Waals surface area contributed by atoms with E-state index in [4.69, 9.17) is 19.3 Å². The number of fused-ring (bicyclic) bond motifs is 1. The van der Waals surface area contributed by atoms with Gasteiger partial charge in [0.2, 0.25) is 15.8 Å². The van der Waals surface area contributed by atoms with E-state index >= 15 is 0 Å². The van der Waals surface area contributed by atoms with Gasteiger partial charge >= 0.3 is 0 Å². The normalized spacial score (nSPS) is 15.7. The number of nitrogens with two attached hydrogens (primary N) is 1. The van der Waals surface area contributed by atoms with Crippen LogP contribution in [0.4, 0.5) is 0 Å². The minimum atomic E-state index is -3.65. The van der Waals surface area contributed by atoms with Gasteiger partial charge in [0.1, 0.15) is 5.75 Å². The van der Waals surface area contributed by atoms with Crippen LogP contribution in [0.25, 0.3) is 0 Å². The first-order chi connectivity index (χ1) is 17.6. The maximum atomic E-state index is 11.4. The van der Waals surface area contributed by atoms with Gasteiger partial charge in [-0.2, -0.15) is 0 Å². The van der Waals surface area contributed by atoms with Crippen molar-refractivity contribution in [2.75, 3.05) is 26.3 Å². The van der Waals surface area contributed by atoms with Crippen LogP contribution in [0.3, 0.4) is 0 Å². The summed E-state index contributed by atoms with van der Waals surface area (Å²) in [5.74, 6) is 0.199. The number of unbranched alkanes of at least 4 members (excludes halogenated alkanes) is 4. The number of benzene rings is 2. The zero-order valence-electron chi connectivity index (χ0n) is 22.1. The lowest BCUT2D eigenvalue weighted by molar-refractivity contribution is -0.180. The number of nitrogens with one attached hydrogen (secondary N) is 1. The Bertz CT molecular complexity index is 1090. The fourth-order valence-corrected chi connectivity index (χ4v) is 4.83. The fourth-order valence-electron chi connectivity index (χ4n) is 4.24. The molecular weight excluding hydrogens is 492 g/mol. The molecule has 9 heteroatoms. The standard InChI is InChI=1S/C28H42N2O6S/c1-28(2)35-21-24-19-23(13-14-27(24)36-28)26(31)20-30-15-6-4-8-17-34-16-7-3-5-10-22-11-9-12-25(18-22)37(29,32)33/h9,11-14,18-19,26,30-31H,3-8,10,15-17,20-21H2,1-2H3,(H2,29,32,33)/t26-/m0/s1. The Hall–Kier alpha value is -2.01. The van der Waals surface area contributed by atoms with E-state index in [0.717, 1.165) is 87.1 Å². The van der Waals surface area contributed by atoms with Crippen LogP contribution in [-0.4, -0.2) is 45.6 Å². The molecule has 0 bridgehead atoms. The van der Waals surface area contributed by atoms with Crippen molar-refractivity contribution in [1.29, 1.82) is 0 Å². The molecule has 37 heavy (non-hydrogen) atoms. The maximum Gasteiger partial charge on any atom is 0.238 e. The Kier molecular flexibility index (Phi) is 11.4. The number of ether oxygens (including phenoxy) is 3. The van der Waals surface area contributed by atoms with Gasteiger partial charge in [-0.05, 0) is 80.5 Å². The lowest BCUT2D eigenvalue weighted by Crippen LogP contribution is -2.35. The number of primary sulfonamides is 1. The van der Waals surface area contributed by atoms with E-state index in [1.807, 2.05) is 38.1 Å². The maximum absolute atomic E-state index is 11.4. The van der Waals surface area contributed by atoms with Crippen molar-refractivity contribution < 1.29 is 27.7 Å². The van der Waals surface area contributed by atoms with E-state index in [1.54, 1.807) is 12.1 Å². The van der Waals surface area contributed by atoms with E-state index < -0.39 is 21.9 Å². The molecule has 8 nitrogen and oxygen atoms in total. The molecule has 0 saturated carbocycles. The highest BCUT2D eigenvalue weighted by atomic mass is 32.2. The van der Waals surface area contributed by atoms with Gasteiger partial charge in [0.15, 0.2) is 0 Å². The average Bonchev–Trinajstić information content (AvgIpc) is 2.85. The second kappa shape index (κ2) is 14.2. The van der Waals surface area contributed by atoms with Crippen molar-refractivity contribution >= 4 is 10.0 Å². The molecule has 0 unspecified atom stereocenters. The number of rotatable bonds is 16. The second-order valence-electron chi connectivity index (χ2n) is 10.1. The van der Waals surface area contributed by atoms with Gasteiger partial charge in [0, 0.05) is 39.2 Å². The van der Waals surface area contributed by atoms with E-state index in [-0.39, 0.29) is 4.90 Å². The lowest BCUT2D eigenvalue weighted by Gasteiger charge is -2.33. The highest BCUT2D eigenvalue weighted by Gasteiger charge is 2.27. The lowest BCUT2D eigenvalue weighted by atomic mass is 10.0. The highest BCUT2D eigenvalue weighted by Crippen LogP contribution is 2.32. The Balaban J connectivity index is 1.16. The molecule has 3 rings (SSSR count). The first kappa shape index (κ1) is 29.5. The summed E-state index contributed by atoms with van der Waals surface area (Å²) in [6.45, 7) is 7.13. The molecular formula is C28H42N2O6S. The number of aryl methyl sites for hydroxylation is 1. The monoisotopic (exact) mass is 534 g/mol. The third-order valence-corrected chi connectivity index (χ3v) is 7.27. The van der Waals surface area contributed by atoms with Gasteiger partial charge in [0.05, 0.1) is 17.6 Å². The number of aliphatic hydroxyl groups excluding tert-OH is 1. The summed E-state index contributed by atoms with van der Waals surface area (Å²) < 4.78 is 40.1. The molecule has 2 aromatic rings. The fraction of sp³-hybridized carbons (Fsp3) is 0.571. The van der Waals surface area contributed by atoms with Crippen LogP contribution >= 0.6 is 0 Å². The second-order valence-corrected chi connectivity index (χ2v) is 11.6. The van der Waals surface area contributed by atoms with Crippen molar-refractivity contribution in [2.24, 2.45) is 5.14 Å². The summed E-state index contributed by atoms with van der Waals surface area (Å²) in [6, 6.07) is 12.6. The molecule has 0 amide bonds. The van der Waals surface area contributed by atoms with E-state index in [2.05, 4.69) is 5.32 Å². The summed E-state index contributed by atoms with van der Waals surface area (Å²) in [6.07, 6.45) is 6.41. The third-order valence-electron chi connectivity index (χ3n) is 6.36. The molecule has 0 radical (unpaired) electrons. The smallest absolute Gasteiger partial charge is 0.238 e. The third kappa shape index (κ3) is 10.3. The van der Waals surface area contributed by atoms with Gasteiger partial charge in [0.25, 0.3) is 0 Å². The van der Waals surface area contributed by atoms with Crippen molar-refractivity contribution in [3.05, 3.63) is 59.2 Å². The summed E-state index contributed by atoms with van der Waals surface area (Å²) in [5.41, 5.74) is 2.82.